The molecule has 0 atom stereocenters. The van der Waals surface area contributed by atoms with Crippen molar-refractivity contribution in [2.24, 2.45) is 0 Å². The molecular formula is C12H13N3O4S2. The van der Waals surface area contributed by atoms with Gasteiger partial charge >= 0.3 is 0 Å². The number of anilines is 1. The van der Waals surface area contributed by atoms with Crippen LogP contribution < -0.4 is 10.0 Å². The van der Waals surface area contributed by atoms with Gasteiger partial charge in [0.15, 0.2) is 0 Å². The third-order valence-corrected chi connectivity index (χ3v) is 4.69. The molecule has 0 aliphatic heterocycles. The Labute approximate surface area is 125 Å². The molecule has 0 saturated carbocycles. The second-order valence-electron chi connectivity index (χ2n) is 3.97. The van der Waals surface area contributed by atoms with Gasteiger partial charge in [0, 0.05) is 12.2 Å². The van der Waals surface area contributed by atoms with Gasteiger partial charge in [-0.15, -0.1) is 11.3 Å². The molecule has 0 bridgehead atoms. The maximum absolute atomic E-state index is 11.9. The van der Waals surface area contributed by atoms with E-state index in [1.165, 1.54) is 41.2 Å². The minimum Gasteiger partial charge on any atom is -0.395 e. The zero-order chi connectivity index (χ0) is 15.3. The van der Waals surface area contributed by atoms with Crippen LogP contribution in [0.5, 0.6) is 0 Å². The number of hydrogen-bond acceptors (Lipinski definition) is 6. The number of sulfonamides is 1. The lowest BCUT2D eigenvalue weighted by Gasteiger charge is -2.08. The molecule has 1 heterocycles. The second-order valence-corrected chi connectivity index (χ2v) is 6.62. The van der Waals surface area contributed by atoms with Crippen molar-refractivity contribution in [3.63, 3.8) is 0 Å². The van der Waals surface area contributed by atoms with Gasteiger partial charge in [-0.2, -0.15) is 0 Å². The monoisotopic (exact) mass is 327 g/mol. The van der Waals surface area contributed by atoms with Crippen LogP contribution in [0.25, 0.3) is 0 Å². The van der Waals surface area contributed by atoms with Gasteiger partial charge in [-0.1, -0.05) is 6.07 Å². The van der Waals surface area contributed by atoms with Gasteiger partial charge < -0.3 is 10.4 Å². The molecule has 0 radical (unpaired) electrons. The van der Waals surface area contributed by atoms with E-state index < -0.39 is 10.0 Å². The smallest absolute Gasteiger partial charge is 0.267 e. The van der Waals surface area contributed by atoms with Gasteiger partial charge in [0.1, 0.15) is 4.88 Å². The summed E-state index contributed by atoms with van der Waals surface area (Å²) in [7, 11) is -3.71. The van der Waals surface area contributed by atoms with Crippen LogP contribution in [0.4, 0.5) is 5.69 Å². The van der Waals surface area contributed by atoms with E-state index in [0.717, 1.165) is 0 Å². The number of hydrogen-bond donors (Lipinski definition) is 3. The van der Waals surface area contributed by atoms with Gasteiger partial charge in [0.2, 0.25) is 10.0 Å². The Bertz CT molecular complexity index is 714. The number of carbonyl (C=O) groups excluding carboxylic acids is 1. The van der Waals surface area contributed by atoms with Crippen LogP contribution in [-0.4, -0.2) is 37.6 Å². The largest absolute Gasteiger partial charge is 0.395 e. The van der Waals surface area contributed by atoms with Gasteiger partial charge in [-0.3, -0.25) is 9.78 Å². The molecule has 1 amide bonds. The molecule has 21 heavy (non-hydrogen) atoms. The Morgan fingerprint density at radius 3 is 2.86 bits per heavy atom. The van der Waals surface area contributed by atoms with Crippen molar-refractivity contribution in [2.75, 3.05) is 18.5 Å². The molecule has 0 spiro atoms. The minimum atomic E-state index is -3.71. The molecule has 0 unspecified atom stereocenters. The summed E-state index contributed by atoms with van der Waals surface area (Å²) in [5.41, 5.74) is 1.90. The zero-order valence-electron chi connectivity index (χ0n) is 10.8. The van der Waals surface area contributed by atoms with E-state index in [9.17, 15) is 13.2 Å². The van der Waals surface area contributed by atoms with E-state index in [0.29, 0.717) is 10.6 Å². The second kappa shape index (κ2) is 6.76. The first kappa shape index (κ1) is 15.6. The highest BCUT2D eigenvalue weighted by molar-refractivity contribution is 7.89. The van der Waals surface area contributed by atoms with Gasteiger partial charge in [0.05, 0.1) is 23.2 Å². The molecular weight excluding hydrogens is 314 g/mol. The summed E-state index contributed by atoms with van der Waals surface area (Å²) in [6.07, 6.45) is 1.43. The average molecular weight is 327 g/mol. The van der Waals surface area contributed by atoms with Crippen LogP contribution in [0.2, 0.25) is 0 Å². The maximum Gasteiger partial charge on any atom is 0.267 e. The number of aromatic nitrogens is 1. The fourth-order valence-corrected chi connectivity index (χ4v) is 3.11. The molecule has 1 aromatic carbocycles. The third kappa shape index (κ3) is 4.08. The molecule has 2 rings (SSSR count). The number of amides is 1. The number of benzene rings is 1. The van der Waals surface area contributed by atoms with Crippen molar-refractivity contribution in [3.05, 3.63) is 40.8 Å². The molecule has 112 valence electrons. The van der Waals surface area contributed by atoms with Crippen LogP contribution >= 0.6 is 11.3 Å². The third-order valence-electron chi connectivity index (χ3n) is 2.46. The summed E-state index contributed by atoms with van der Waals surface area (Å²) in [6, 6.07) is 5.86. The number of thiazole rings is 1. The average Bonchev–Trinajstić information content (AvgIpc) is 3.00. The highest BCUT2D eigenvalue weighted by Crippen LogP contribution is 2.17. The van der Waals surface area contributed by atoms with Crippen LogP contribution in [0.1, 0.15) is 9.67 Å². The standard InChI is InChI=1S/C12H13N3O4S2/c16-5-4-14-21(18,19)10-3-1-2-9(6-10)15-12(17)11-7-13-8-20-11/h1-3,6-8,14,16H,4-5H2,(H,15,17). The Balaban J connectivity index is 2.16. The summed E-state index contributed by atoms with van der Waals surface area (Å²) >= 11 is 1.19. The number of nitrogens with one attached hydrogen (secondary N) is 2. The number of nitrogens with zero attached hydrogens (tertiary/aromatic N) is 1. The van der Waals surface area contributed by atoms with Gasteiger partial charge in [-0.25, -0.2) is 13.1 Å². The number of aliphatic hydroxyl groups excluding tert-OH is 1. The topological polar surface area (TPSA) is 108 Å². The molecule has 0 fully saturated rings. The van der Waals surface area contributed by atoms with Gasteiger partial charge in [-0.05, 0) is 18.2 Å². The van der Waals surface area contributed by atoms with Crippen LogP contribution in [0.3, 0.4) is 0 Å². The molecule has 3 N–H and O–H groups in total. The fraction of sp³-hybridized carbons (Fsp3) is 0.167. The van der Waals surface area contributed by atoms with E-state index in [2.05, 4.69) is 15.0 Å². The van der Waals surface area contributed by atoms with E-state index in [1.54, 1.807) is 6.07 Å². The first-order chi connectivity index (χ1) is 10.0. The Kier molecular flexibility index (Phi) is 5.02. The van der Waals surface area contributed by atoms with Crippen molar-refractivity contribution in [2.45, 2.75) is 4.90 Å². The van der Waals surface area contributed by atoms with E-state index in [1.807, 2.05) is 0 Å². The summed E-state index contributed by atoms with van der Waals surface area (Å²) in [5.74, 6) is -0.352. The van der Waals surface area contributed by atoms with E-state index in [-0.39, 0.29) is 24.0 Å². The highest BCUT2D eigenvalue weighted by Gasteiger charge is 2.14. The SMILES string of the molecule is O=C(Nc1cccc(S(=O)(=O)NCCO)c1)c1cncs1. The van der Waals surface area contributed by atoms with Crippen molar-refractivity contribution in [1.82, 2.24) is 9.71 Å². The van der Waals surface area contributed by atoms with Crippen LogP contribution in [0, 0.1) is 0 Å². The Hall–Kier alpha value is -1.81. The van der Waals surface area contributed by atoms with E-state index in [4.69, 9.17) is 5.11 Å². The molecule has 0 aliphatic carbocycles. The number of aliphatic hydroxyl groups is 1. The lowest BCUT2D eigenvalue weighted by atomic mass is 10.3. The summed E-state index contributed by atoms with van der Waals surface area (Å²) < 4.78 is 26.1. The molecule has 1 aromatic heterocycles. The van der Waals surface area contributed by atoms with Crippen molar-refractivity contribution in [1.29, 1.82) is 0 Å². The quantitative estimate of drug-likeness (QED) is 0.722. The minimum absolute atomic E-state index is 0.0121. The Morgan fingerprint density at radius 1 is 1.38 bits per heavy atom. The molecule has 2 aromatic rings. The normalized spacial score (nSPS) is 11.3. The number of rotatable bonds is 6. The molecule has 0 aliphatic rings. The molecule has 7 nitrogen and oxygen atoms in total. The van der Waals surface area contributed by atoms with Crippen molar-refractivity contribution in [3.8, 4) is 0 Å². The lowest BCUT2D eigenvalue weighted by molar-refractivity contribution is 0.103. The first-order valence-electron chi connectivity index (χ1n) is 5.93. The summed E-state index contributed by atoms with van der Waals surface area (Å²) in [6.45, 7) is -0.360. The predicted molar refractivity (Wildman–Crippen MR) is 78.8 cm³/mol. The Morgan fingerprint density at radius 2 is 2.19 bits per heavy atom. The van der Waals surface area contributed by atoms with E-state index >= 15 is 0 Å². The lowest BCUT2D eigenvalue weighted by Crippen LogP contribution is -2.26. The fourth-order valence-electron chi connectivity index (χ4n) is 1.52. The predicted octanol–water partition coefficient (Wildman–Crippen LogP) is 0.666. The summed E-state index contributed by atoms with van der Waals surface area (Å²) in [5, 5.41) is 11.3. The van der Waals surface area contributed by atoms with Crippen molar-refractivity contribution >= 4 is 33.0 Å². The van der Waals surface area contributed by atoms with Crippen LogP contribution in [0.15, 0.2) is 40.9 Å². The zero-order valence-corrected chi connectivity index (χ0v) is 12.4. The van der Waals surface area contributed by atoms with Gasteiger partial charge in [0.25, 0.3) is 5.91 Å². The molecule has 0 saturated heterocycles. The summed E-state index contributed by atoms with van der Waals surface area (Å²) in [4.78, 5) is 16.1. The van der Waals surface area contributed by atoms with Crippen LogP contribution in [-0.2, 0) is 10.0 Å². The van der Waals surface area contributed by atoms with Crippen molar-refractivity contribution < 1.29 is 18.3 Å². The molecule has 9 heteroatoms. The maximum atomic E-state index is 11.9. The first-order valence-corrected chi connectivity index (χ1v) is 8.29. The number of carbonyl (C=O) groups is 1. The highest BCUT2D eigenvalue weighted by atomic mass is 32.2.